The van der Waals surface area contributed by atoms with Crippen LogP contribution in [0, 0.1) is 6.92 Å². The maximum absolute atomic E-state index is 11.8. The highest BCUT2D eigenvalue weighted by Crippen LogP contribution is 2.14. The van der Waals surface area contributed by atoms with Crippen LogP contribution in [0.3, 0.4) is 0 Å². The molecule has 0 unspecified atom stereocenters. The second-order valence-electron chi connectivity index (χ2n) is 4.79. The summed E-state index contributed by atoms with van der Waals surface area (Å²) in [5, 5.41) is 4.80. The van der Waals surface area contributed by atoms with E-state index in [2.05, 4.69) is 10.3 Å². The van der Waals surface area contributed by atoms with Crippen LogP contribution < -0.4 is 5.32 Å². The number of benzene rings is 1. The zero-order chi connectivity index (χ0) is 16.7. The summed E-state index contributed by atoms with van der Waals surface area (Å²) in [6, 6.07) is 8.72. The Bertz CT molecular complexity index is 697. The van der Waals surface area contributed by atoms with Gasteiger partial charge in [-0.2, -0.15) is 0 Å². The van der Waals surface area contributed by atoms with Crippen molar-refractivity contribution in [2.75, 3.05) is 11.9 Å². The van der Waals surface area contributed by atoms with Crippen molar-refractivity contribution in [3.63, 3.8) is 0 Å². The lowest BCUT2D eigenvalue weighted by Gasteiger charge is -2.04. The lowest BCUT2D eigenvalue weighted by Crippen LogP contribution is -2.21. The highest BCUT2D eigenvalue weighted by atomic mass is 32.1. The van der Waals surface area contributed by atoms with Gasteiger partial charge in [0.15, 0.2) is 17.5 Å². The van der Waals surface area contributed by atoms with Gasteiger partial charge in [0.25, 0.3) is 5.91 Å². The number of nitrogens with zero attached hydrogens (tertiary/aromatic N) is 1. The molecule has 0 aliphatic heterocycles. The van der Waals surface area contributed by atoms with Gasteiger partial charge in [-0.1, -0.05) is 30.3 Å². The van der Waals surface area contributed by atoms with Gasteiger partial charge in [-0.3, -0.25) is 19.7 Å². The van der Waals surface area contributed by atoms with E-state index in [4.69, 9.17) is 4.74 Å². The molecule has 1 heterocycles. The first-order valence-corrected chi connectivity index (χ1v) is 7.88. The van der Waals surface area contributed by atoms with Gasteiger partial charge in [0.05, 0.1) is 12.1 Å². The van der Waals surface area contributed by atoms with Crippen LogP contribution in [0.25, 0.3) is 0 Å². The standard InChI is InChI=1S/C16H16N2O4S/c1-11-10-23-16(17-11)18-14(20)9-22-15(21)8-7-13(19)12-5-3-2-4-6-12/h2-6,10H,7-9H2,1H3,(H,17,18,20). The third-order valence-electron chi connectivity index (χ3n) is 2.88. The Balaban J connectivity index is 1.68. The van der Waals surface area contributed by atoms with Gasteiger partial charge in [-0.25, -0.2) is 4.98 Å². The molecule has 0 aliphatic carbocycles. The Morgan fingerprint density at radius 1 is 1.17 bits per heavy atom. The average molecular weight is 332 g/mol. The first-order valence-electron chi connectivity index (χ1n) is 7.00. The Hall–Kier alpha value is -2.54. The molecule has 0 bridgehead atoms. The van der Waals surface area contributed by atoms with Crippen LogP contribution in [0.15, 0.2) is 35.7 Å². The number of ketones is 1. The number of hydrogen-bond donors (Lipinski definition) is 1. The fourth-order valence-corrected chi connectivity index (χ4v) is 2.47. The molecule has 1 amide bonds. The number of anilines is 1. The summed E-state index contributed by atoms with van der Waals surface area (Å²) in [6.07, 6.45) is -0.00644. The molecule has 6 nitrogen and oxygen atoms in total. The molecule has 0 saturated carbocycles. The molecule has 1 N–H and O–H groups in total. The Morgan fingerprint density at radius 2 is 1.91 bits per heavy atom. The van der Waals surface area contributed by atoms with Gasteiger partial charge in [-0.15, -0.1) is 11.3 Å². The smallest absolute Gasteiger partial charge is 0.306 e. The molecule has 1 aromatic carbocycles. The molecule has 2 aromatic rings. The van der Waals surface area contributed by atoms with Crippen molar-refractivity contribution in [2.45, 2.75) is 19.8 Å². The molecule has 0 fully saturated rings. The van der Waals surface area contributed by atoms with E-state index >= 15 is 0 Å². The van der Waals surface area contributed by atoms with E-state index in [1.807, 2.05) is 13.0 Å². The van der Waals surface area contributed by atoms with E-state index in [9.17, 15) is 14.4 Å². The van der Waals surface area contributed by atoms with Crippen LogP contribution in [0.5, 0.6) is 0 Å². The van der Waals surface area contributed by atoms with Gasteiger partial charge in [0, 0.05) is 17.4 Å². The summed E-state index contributed by atoms with van der Waals surface area (Å²) in [4.78, 5) is 39.1. The number of thiazole rings is 1. The zero-order valence-corrected chi connectivity index (χ0v) is 13.4. The molecule has 0 radical (unpaired) electrons. The molecular weight excluding hydrogens is 316 g/mol. The van der Waals surface area contributed by atoms with Crippen molar-refractivity contribution < 1.29 is 19.1 Å². The molecule has 120 valence electrons. The Kier molecular flexibility index (Phi) is 5.99. The van der Waals surface area contributed by atoms with Crippen LogP contribution in [0.1, 0.15) is 28.9 Å². The number of esters is 1. The van der Waals surface area contributed by atoms with Crippen molar-refractivity contribution in [3.05, 3.63) is 47.0 Å². The Labute approximate surface area is 137 Å². The number of carbonyl (C=O) groups is 3. The molecule has 23 heavy (non-hydrogen) atoms. The molecule has 1 aromatic heterocycles. The first-order chi connectivity index (χ1) is 11.0. The second-order valence-corrected chi connectivity index (χ2v) is 5.65. The largest absolute Gasteiger partial charge is 0.456 e. The van der Waals surface area contributed by atoms with Crippen molar-refractivity contribution >= 4 is 34.1 Å². The van der Waals surface area contributed by atoms with Gasteiger partial charge in [0.2, 0.25) is 0 Å². The number of rotatable bonds is 7. The lowest BCUT2D eigenvalue weighted by molar-refractivity contribution is -0.147. The summed E-state index contributed by atoms with van der Waals surface area (Å²) >= 11 is 1.30. The van der Waals surface area contributed by atoms with Gasteiger partial charge >= 0.3 is 5.97 Å². The summed E-state index contributed by atoms with van der Waals surface area (Å²) in [6.45, 7) is 1.42. The van der Waals surface area contributed by atoms with Crippen LogP contribution in [0.4, 0.5) is 5.13 Å². The number of amides is 1. The monoisotopic (exact) mass is 332 g/mol. The molecular formula is C16H16N2O4S. The molecule has 0 atom stereocenters. The van der Waals surface area contributed by atoms with Crippen molar-refractivity contribution in [3.8, 4) is 0 Å². The summed E-state index contributed by atoms with van der Waals surface area (Å²) in [7, 11) is 0. The van der Waals surface area contributed by atoms with Crippen LogP contribution in [-0.2, 0) is 14.3 Å². The highest BCUT2D eigenvalue weighted by Gasteiger charge is 2.12. The van der Waals surface area contributed by atoms with Crippen LogP contribution in [0.2, 0.25) is 0 Å². The SMILES string of the molecule is Cc1csc(NC(=O)COC(=O)CCC(=O)c2ccccc2)n1. The minimum atomic E-state index is -0.584. The maximum Gasteiger partial charge on any atom is 0.306 e. The van der Waals surface area contributed by atoms with E-state index in [1.54, 1.807) is 29.6 Å². The molecule has 0 spiro atoms. The predicted molar refractivity (Wildman–Crippen MR) is 86.4 cm³/mol. The summed E-state index contributed by atoms with van der Waals surface area (Å²) < 4.78 is 4.84. The van der Waals surface area contributed by atoms with Crippen molar-refractivity contribution in [1.82, 2.24) is 4.98 Å². The molecule has 7 heteroatoms. The number of hydrogen-bond acceptors (Lipinski definition) is 6. The van der Waals surface area contributed by atoms with E-state index < -0.39 is 18.5 Å². The minimum absolute atomic E-state index is 0.0517. The number of aryl methyl sites for hydroxylation is 1. The molecule has 2 rings (SSSR count). The lowest BCUT2D eigenvalue weighted by atomic mass is 10.1. The second kappa shape index (κ2) is 8.19. The van der Waals surface area contributed by atoms with Gasteiger partial charge < -0.3 is 4.74 Å². The van der Waals surface area contributed by atoms with Crippen molar-refractivity contribution in [1.29, 1.82) is 0 Å². The number of aromatic nitrogens is 1. The maximum atomic E-state index is 11.8. The molecule has 0 saturated heterocycles. The third-order valence-corrected chi connectivity index (χ3v) is 3.76. The predicted octanol–water partition coefficient (Wildman–Crippen LogP) is 2.60. The molecule has 0 aliphatic rings. The van der Waals surface area contributed by atoms with E-state index in [0.29, 0.717) is 10.7 Å². The van der Waals surface area contributed by atoms with Gasteiger partial charge in [0.1, 0.15) is 0 Å². The van der Waals surface area contributed by atoms with E-state index in [-0.39, 0.29) is 18.6 Å². The zero-order valence-electron chi connectivity index (χ0n) is 12.6. The number of carbonyl (C=O) groups excluding carboxylic acids is 3. The van der Waals surface area contributed by atoms with Crippen molar-refractivity contribution in [2.24, 2.45) is 0 Å². The first kappa shape index (κ1) is 16.8. The summed E-state index contributed by atoms with van der Waals surface area (Å²) in [5.41, 5.74) is 1.36. The third kappa shape index (κ3) is 5.63. The number of Topliss-reactive ketones (excluding diaryl/α,β-unsaturated/α-hetero) is 1. The van der Waals surface area contributed by atoms with Crippen LogP contribution >= 0.6 is 11.3 Å². The normalized spacial score (nSPS) is 10.1. The van der Waals surface area contributed by atoms with E-state index in [0.717, 1.165) is 5.69 Å². The fourth-order valence-electron chi connectivity index (χ4n) is 1.77. The average Bonchev–Trinajstić information content (AvgIpc) is 2.96. The van der Waals surface area contributed by atoms with E-state index in [1.165, 1.54) is 11.3 Å². The summed E-state index contributed by atoms with van der Waals surface area (Å²) in [5.74, 6) is -1.17. The minimum Gasteiger partial charge on any atom is -0.456 e. The fraction of sp³-hybridized carbons (Fsp3) is 0.250. The number of ether oxygens (including phenoxy) is 1. The number of nitrogens with one attached hydrogen (secondary N) is 1. The Morgan fingerprint density at radius 3 is 2.57 bits per heavy atom. The van der Waals surface area contributed by atoms with Gasteiger partial charge in [-0.05, 0) is 6.92 Å². The van der Waals surface area contributed by atoms with Crippen LogP contribution in [-0.4, -0.2) is 29.3 Å². The quantitative estimate of drug-likeness (QED) is 0.622. The highest BCUT2D eigenvalue weighted by molar-refractivity contribution is 7.13. The topological polar surface area (TPSA) is 85.4 Å².